The maximum absolute atomic E-state index is 5.99. The van der Waals surface area contributed by atoms with Crippen molar-refractivity contribution in [1.29, 1.82) is 0 Å². The fraction of sp³-hybridized carbons (Fsp3) is 0.652. The maximum atomic E-state index is 5.99. The van der Waals surface area contributed by atoms with Crippen molar-refractivity contribution in [3.8, 4) is 10.8 Å². The van der Waals surface area contributed by atoms with Crippen LogP contribution in [0, 0.1) is 12.8 Å². The summed E-state index contributed by atoms with van der Waals surface area (Å²) in [7, 11) is 0. The van der Waals surface area contributed by atoms with Crippen molar-refractivity contribution >= 4 is 29.0 Å². The van der Waals surface area contributed by atoms with Gasteiger partial charge in [-0.1, -0.05) is 25.6 Å². The molecule has 10 heteroatoms. The Hall–Kier alpha value is -1.91. The van der Waals surface area contributed by atoms with Gasteiger partial charge < -0.3 is 14.1 Å². The van der Waals surface area contributed by atoms with Gasteiger partial charge in [0.15, 0.2) is 5.16 Å². The first-order valence-corrected chi connectivity index (χ1v) is 13.8. The number of hydrogen-bond donors (Lipinski definition) is 0. The molecule has 0 spiro atoms. The summed E-state index contributed by atoms with van der Waals surface area (Å²) >= 11 is 3.34. The molecule has 3 aromatic heterocycles. The zero-order valence-corrected chi connectivity index (χ0v) is 21.3. The monoisotopic (exact) mass is 488 g/mol. The second-order valence-electron chi connectivity index (χ2n) is 9.06. The number of hydrogen-bond acceptors (Lipinski definition) is 9. The second-order valence-corrected chi connectivity index (χ2v) is 11.1. The molecule has 33 heavy (non-hydrogen) atoms. The molecule has 0 saturated carbocycles. The molecule has 0 aromatic carbocycles. The van der Waals surface area contributed by atoms with Gasteiger partial charge in [-0.25, -0.2) is 0 Å². The third-order valence-electron chi connectivity index (χ3n) is 6.52. The van der Waals surface area contributed by atoms with Gasteiger partial charge in [-0.05, 0) is 56.6 Å². The molecule has 2 aliphatic heterocycles. The van der Waals surface area contributed by atoms with Crippen molar-refractivity contribution < 1.29 is 9.15 Å². The minimum Gasteiger partial charge on any atom is -0.419 e. The van der Waals surface area contributed by atoms with Crippen LogP contribution in [0.25, 0.3) is 10.8 Å². The van der Waals surface area contributed by atoms with Gasteiger partial charge in [-0.2, -0.15) is 0 Å². The first-order chi connectivity index (χ1) is 16.1. The van der Waals surface area contributed by atoms with E-state index in [1.165, 1.54) is 23.3 Å². The van der Waals surface area contributed by atoms with Gasteiger partial charge in [-0.15, -0.1) is 31.7 Å². The van der Waals surface area contributed by atoms with Crippen molar-refractivity contribution in [3.05, 3.63) is 22.4 Å². The third-order valence-corrected chi connectivity index (χ3v) is 8.84. The highest BCUT2D eigenvalue weighted by Gasteiger charge is 2.26. The van der Waals surface area contributed by atoms with Gasteiger partial charge in [0.2, 0.25) is 11.8 Å². The fourth-order valence-electron chi connectivity index (χ4n) is 4.50. The standard InChI is InChI=1S/C23H32N6O2S2/c1-4-18-16(3)12-19(33-18)21-25-24-20(31-21)14-32-23-27-26-22(28-9-7-15(2)8-10-28)29(23)13-17-6-5-11-30-17/h12,15,17H,4-11,13-14H2,1-3H3. The molecular formula is C23H32N6O2S2. The molecule has 1 unspecified atom stereocenters. The number of nitrogens with zero attached hydrogens (tertiary/aromatic N) is 6. The van der Waals surface area contributed by atoms with Crippen molar-refractivity contribution in [2.45, 2.75) is 76.4 Å². The summed E-state index contributed by atoms with van der Waals surface area (Å²) in [6, 6.07) is 2.14. The summed E-state index contributed by atoms with van der Waals surface area (Å²) in [5, 5.41) is 18.6. The highest BCUT2D eigenvalue weighted by Crippen LogP contribution is 2.33. The summed E-state index contributed by atoms with van der Waals surface area (Å²) in [6.07, 6.45) is 5.85. The van der Waals surface area contributed by atoms with Crippen molar-refractivity contribution in [1.82, 2.24) is 25.0 Å². The molecule has 3 aromatic rings. The quantitative estimate of drug-likeness (QED) is 0.411. The topological polar surface area (TPSA) is 82.1 Å². The van der Waals surface area contributed by atoms with Crippen LogP contribution in [-0.2, 0) is 23.5 Å². The van der Waals surface area contributed by atoms with Crippen molar-refractivity contribution in [3.63, 3.8) is 0 Å². The van der Waals surface area contributed by atoms with E-state index in [9.17, 15) is 0 Å². The Kier molecular flexibility index (Phi) is 7.03. The lowest BCUT2D eigenvalue weighted by Gasteiger charge is -2.31. The molecule has 1 atom stereocenters. The van der Waals surface area contributed by atoms with Crippen LogP contribution in [0.15, 0.2) is 15.6 Å². The average Bonchev–Trinajstić information content (AvgIpc) is 3.61. The SMILES string of the molecule is CCc1sc(-c2nnc(CSc3nnc(N4CCC(C)CC4)n3CC3CCCO3)o2)cc1C. The predicted octanol–water partition coefficient (Wildman–Crippen LogP) is 4.97. The van der Waals surface area contributed by atoms with E-state index in [1.54, 1.807) is 23.1 Å². The summed E-state index contributed by atoms with van der Waals surface area (Å²) in [5.74, 6) is 3.52. The number of thioether (sulfide) groups is 1. The normalized spacial score (nSPS) is 19.6. The van der Waals surface area contributed by atoms with Gasteiger partial charge in [0, 0.05) is 24.6 Å². The van der Waals surface area contributed by atoms with E-state index in [2.05, 4.69) is 56.7 Å². The van der Waals surface area contributed by atoms with Crippen molar-refractivity contribution in [2.24, 2.45) is 5.92 Å². The molecule has 2 fully saturated rings. The molecule has 0 aliphatic carbocycles. The zero-order valence-electron chi connectivity index (χ0n) is 19.6. The molecule has 8 nitrogen and oxygen atoms in total. The Labute approximate surface area is 203 Å². The summed E-state index contributed by atoms with van der Waals surface area (Å²) < 4.78 is 14.2. The lowest BCUT2D eigenvalue weighted by atomic mass is 10.00. The smallest absolute Gasteiger partial charge is 0.257 e. The Balaban J connectivity index is 1.31. The van der Waals surface area contributed by atoms with E-state index >= 15 is 0 Å². The van der Waals surface area contributed by atoms with E-state index in [-0.39, 0.29) is 6.10 Å². The first-order valence-electron chi connectivity index (χ1n) is 11.9. The lowest BCUT2D eigenvalue weighted by molar-refractivity contribution is 0.0951. The predicted molar refractivity (Wildman–Crippen MR) is 131 cm³/mol. The Morgan fingerprint density at radius 2 is 2.00 bits per heavy atom. The van der Waals surface area contributed by atoms with Crippen LogP contribution < -0.4 is 4.90 Å². The van der Waals surface area contributed by atoms with Crippen LogP contribution in [0.3, 0.4) is 0 Å². The molecule has 2 saturated heterocycles. The number of thiophene rings is 1. The van der Waals surface area contributed by atoms with Gasteiger partial charge in [-0.3, -0.25) is 4.57 Å². The van der Waals surface area contributed by atoms with E-state index in [4.69, 9.17) is 9.15 Å². The fourth-order valence-corrected chi connectivity index (χ4v) is 6.31. The minimum atomic E-state index is 0.229. The second kappa shape index (κ2) is 10.1. The minimum absolute atomic E-state index is 0.229. The molecule has 2 aliphatic rings. The van der Waals surface area contributed by atoms with Crippen LogP contribution in [0.1, 0.15) is 55.9 Å². The summed E-state index contributed by atoms with van der Waals surface area (Å²) in [5.41, 5.74) is 1.29. The van der Waals surface area contributed by atoms with E-state index in [0.29, 0.717) is 17.5 Å². The molecular weight excluding hydrogens is 456 g/mol. The molecule has 5 heterocycles. The Bertz CT molecular complexity index is 1060. The first kappa shape index (κ1) is 22.9. The van der Waals surface area contributed by atoms with Gasteiger partial charge in [0.1, 0.15) is 0 Å². The van der Waals surface area contributed by atoms with Gasteiger partial charge in [0.25, 0.3) is 5.89 Å². The third kappa shape index (κ3) is 5.12. The molecule has 0 amide bonds. The van der Waals surface area contributed by atoms with Gasteiger partial charge >= 0.3 is 0 Å². The van der Waals surface area contributed by atoms with E-state index in [1.807, 2.05) is 0 Å². The zero-order chi connectivity index (χ0) is 22.8. The maximum Gasteiger partial charge on any atom is 0.257 e. The Morgan fingerprint density at radius 3 is 2.73 bits per heavy atom. The summed E-state index contributed by atoms with van der Waals surface area (Å²) in [6.45, 7) is 10.3. The van der Waals surface area contributed by atoms with Crippen LogP contribution >= 0.6 is 23.1 Å². The van der Waals surface area contributed by atoms with Gasteiger partial charge in [0.05, 0.1) is 23.3 Å². The highest BCUT2D eigenvalue weighted by atomic mass is 32.2. The van der Waals surface area contributed by atoms with E-state index < -0.39 is 0 Å². The number of piperidine rings is 1. The number of aromatic nitrogens is 5. The molecule has 5 rings (SSSR count). The molecule has 178 valence electrons. The number of aryl methyl sites for hydroxylation is 2. The highest BCUT2D eigenvalue weighted by molar-refractivity contribution is 7.98. The largest absolute Gasteiger partial charge is 0.419 e. The van der Waals surface area contributed by atoms with Crippen LogP contribution in [-0.4, -0.2) is 50.8 Å². The van der Waals surface area contributed by atoms with Crippen LogP contribution in [0.5, 0.6) is 0 Å². The molecule has 0 radical (unpaired) electrons. The van der Waals surface area contributed by atoms with E-state index in [0.717, 1.165) is 67.4 Å². The van der Waals surface area contributed by atoms with Crippen LogP contribution in [0.2, 0.25) is 0 Å². The Morgan fingerprint density at radius 1 is 1.15 bits per heavy atom. The van der Waals surface area contributed by atoms with Crippen LogP contribution in [0.4, 0.5) is 5.95 Å². The number of rotatable bonds is 8. The summed E-state index contributed by atoms with van der Waals surface area (Å²) in [4.78, 5) is 4.78. The number of ether oxygens (including phenoxy) is 1. The molecule has 0 N–H and O–H groups in total. The van der Waals surface area contributed by atoms with Crippen molar-refractivity contribution in [2.75, 3.05) is 24.6 Å². The average molecular weight is 489 g/mol. The molecule has 0 bridgehead atoms. The lowest BCUT2D eigenvalue weighted by Crippen LogP contribution is -2.35. The number of anilines is 1.